The van der Waals surface area contributed by atoms with Crippen LogP contribution in [0.1, 0.15) is 50.6 Å². The van der Waals surface area contributed by atoms with Crippen molar-refractivity contribution in [2.24, 2.45) is 0 Å². The van der Waals surface area contributed by atoms with E-state index in [1.807, 2.05) is 32.2 Å². The molecule has 0 aliphatic carbocycles. The van der Waals surface area contributed by atoms with E-state index < -0.39 is 0 Å². The molecule has 3 aromatic rings. The van der Waals surface area contributed by atoms with Crippen molar-refractivity contribution in [3.05, 3.63) is 35.3 Å². The van der Waals surface area contributed by atoms with Gasteiger partial charge in [-0.3, -0.25) is 0 Å². The maximum Gasteiger partial charge on any atom is 0.213 e. The first-order valence-electron chi connectivity index (χ1n) is 9.24. The second kappa shape index (κ2) is 7.83. The molecule has 0 radical (unpaired) electrons. The zero-order valence-electron chi connectivity index (χ0n) is 15.8. The molecule has 0 aliphatic rings. The maximum atomic E-state index is 9.48. The summed E-state index contributed by atoms with van der Waals surface area (Å²) in [6.45, 7) is 8.77. The number of hydrogen-bond donors (Lipinski definition) is 2. The minimum absolute atomic E-state index is 0.0203. The van der Waals surface area contributed by atoms with Crippen LogP contribution in [0.5, 0.6) is 5.88 Å². The lowest BCUT2D eigenvalue weighted by Gasteiger charge is -2.13. The Bertz CT molecular complexity index is 904. The molecule has 6 heteroatoms. The fourth-order valence-corrected chi connectivity index (χ4v) is 3.12. The molecule has 0 aliphatic heterocycles. The van der Waals surface area contributed by atoms with Gasteiger partial charge in [0.2, 0.25) is 5.88 Å². The Kier molecular flexibility index (Phi) is 5.52. The van der Waals surface area contributed by atoms with Gasteiger partial charge in [0.1, 0.15) is 5.52 Å². The Labute approximate surface area is 153 Å². The minimum atomic E-state index is 0.0203. The number of pyridine rings is 1. The molecule has 1 atom stereocenters. The number of aryl methyl sites for hydroxylation is 2. The predicted octanol–water partition coefficient (Wildman–Crippen LogP) is 3.64. The van der Waals surface area contributed by atoms with Crippen LogP contribution in [0.2, 0.25) is 0 Å². The molecule has 2 N–H and O–H groups in total. The van der Waals surface area contributed by atoms with E-state index in [2.05, 4.69) is 23.8 Å². The highest BCUT2D eigenvalue weighted by molar-refractivity contribution is 5.80. The van der Waals surface area contributed by atoms with Gasteiger partial charge in [-0.25, -0.2) is 15.0 Å². The molecule has 0 unspecified atom stereocenters. The van der Waals surface area contributed by atoms with E-state index >= 15 is 0 Å². The third-order valence-electron chi connectivity index (χ3n) is 4.58. The molecular weight excluding hydrogens is 328 g/mol. The summed E-state index contributed by atoms with van der Waals surface area (Å²) >= 11 is 0. The Morgan fingerprint density at radius 3 is 2.50 bits per heavy atom. The van der Waals surface area contributed by atoms with Gasteiger partial charge in [0.25, 0.3) is 0 Å². The van der Waals surface area contributed by atoms with E-state index in [9.17, 15) is 5.11 Å². The molecule has 138 valence electrons. The average Bonchev–Trinajstić information content (AvgIpc) is 3.09. The molecule has 0 aromatic carbocycles. The molecule has 0 amide bonds. The van der Waals surface area contributed by atoms with Gasteiger partial charge in [-0.05, 0) is 25.8 Å². The molecule has 26 heavy (non-hydrogen) atoms. The van der Waals surface area contributed by atoms with Crippen molar-refractivity contribution in [3.63, 3.8) is 0 Å². The van der Waals surface area contributed by atoms with Gasteiger partial charge < -0.3 is 14.8 Å². The van der Waals surface area contributed by atoms with Gasteiger partial charge in [0.15, 0.2) is 5.65 Å². The Balaban J connectivity index is 2.16. The fraction of sp³-hybridized carbons (Fsp3) is 0.450. The molecule has 3 aromatic heterocycles. The van der Waals surface area contributed by atoms with Crippen LogP contribution >= 0.6 is 0 Å². The number of aliphatic hydroxyl groups is 1. The van der Waals surface area contributed by atoms with Crippen LogP contribution < -0.4 is 4.74 Å². The van der Waals surface area contributed by atoms with E-state index in [-0.39, 0.29) is 12.5 Å². The predicted molar refractivity (Wildman–Crippen MR) is 103 cm³/mol. The summed E-state index contributed by atoms with van der Waals surface area (Å²) in [7, 11) is 0. The summed E-state index contributed by atoms with van der Waals surface area (Å²) < 4.78 is 5.53. The van der Waals surface area contributed by atoms with Crippen LogP contribution in [0.25, 0.3) is 22.4 Å². The van der Waals surface area contributed by atoms with Crippen LogP contribution in [0, 0.1) is 0 Å². The van der Waals surface area contributed by atoms with Gasteiger partial charge in [-0.1, -0.05) is 20.8 Å². The van der Waals surface area contributed by atoms with Gasteiger partial charge in [0.05, 0.1) is 23.7 Å². The summed E-state index contributed by atoms with van der Waals surface area (Å²) in [5, 5.41) is 9.48. The third-order valence-corrected chi connectivity index (χ3v) is 4.58. The van der Waals surface area contributed by atoms with E-state index in [1.54, 1.807) is 0 Å². The molecule has 0 saturated carbocycles. The second-order valence-electron chi connectivity index (χ2n) is 6.33. The third kappa shape index (κ3) is 3.29. The number of fused-ring (bicyclic) bond motifs is 1. The van der Waals surface area contributed by atoms with Crippen molar-refractivity contribution >= 4 is 11.2 Å². The van der Waals surface area contributed by atoms with Gasteiger partial charge in [-0.15, -0.1) is 0 Å². The number of H-pyrrole nitrogens is 1. The number of rotatable bonds is 7. The highest BCUT2D eigenvalue weighted by Gasteiger charge is 2.18. The van der Waals surface area contributed by atoms with E-state index in [4.69, 9.17) is 14.7 Å². The lowest BCUT2D eigenvalue weighted by atomic mass is 10.0. The average molecular weight is 354 g/mol. The van der Waals surface area contributed by atoms with Crippen LogP contribution in [0.4, 0.5) is 0 Å². The van der Waals surface area contributed by atoms with Crippen LogP contribution in [0.3, 0.4) is 0 Å². The Hall–Kier alpha value is -2.47. The SMILES string of the molecule is CCOc1ccc(-c2nc3[nH]cc([C@@H](C)CO)c3nc2CC)c(CC)n1. The summed E-state index contributed by atoms with van der Waals surface area (Å²) in [5.41, 5.74) is 6.31. The van der Waals surface area contributed by atoms with Gasteiger partial charge >= 0.3 is 0 Å². The first kappa shape index (κ1) is 18.3. The highest BCUT2D eigenvalue weighted by Crippen LogP contribution is 2.30. The van der Waals surface area contributed by atoms with Crippen molar-refractivity contribution in [2.45, 2.75) is 46.5 Å². The lowest BCUT2D eigenvalue weighted by molar-refractivity contribution is 0.273. The first-order chi connectivity index (χ1) is 12.6. The normalized spacial score (nSPS) is 12.5. The number of aromatic nitrogens is 4. The molecule has 3 heterocycles. The molecule has 0 bridgehead atoms. The maximum absolute atomic E-state index is 9.48. The summed E-state index contributed by atoms with van der Waals surface area (Å²) in [5.74, 6) is 0.658. The first-order valence-corrected chi connectivity index (χ1v) is 9.24. The number of hydrogen-bond acceptors (Lipinski definition) is 5. The molecular formula is C20H26N4O2. The topological polar surface area (TPSA) is 83.9 Å². The lowest BCUT2D eigenvalue weighted by Crippen LogP contribution is -2.04. The Morgan fingerprint density at radius 1 is 1.08 bits per heavy atom. The number of nitrogens with zero attached hydrogens (tertiary/aromatic N) is 3. The van der Waals surface area contributed by atoms with Crippen LogP contribution in [-0.2, 0) is 12.8 Å². The van der Waals surface area contributed by atoms with E-state index in [0.29, 0.717) is 12.5 Å². The molecule has 3 rings (SSSR count). The monoisotopic (exact) mass is 354 g/mol. The van der Waals surface area contributed by atoms with Crippen LogP contribution in [0.15, 0.2) is 18.3 Å². The van der Waals surface area contributed by atoms with Crippen molar-refractivity contribution in [1.29, 1.82) is 0 Å². The largest absolute Gasteiger partial charge is 0.478 e. The number of nitrogens with one attached hydrogen (secondary N) is 1. The van der Waals surface area contributed by atoms with Crippen molar-refractivity contribution in [2.75, 3.05) is 13.2 Å². The van der Waals surface area contributed by atoms with Gasteiger partial charge in [-0.2, -0.15) is 0 Å². The molecule has 0 fully saturated rings. The zero-order chi connectivity index (χ0) is 18.7. The molecule has 0 spiro atoms. The highest BCUT2D eigenvalue weighted by atomic mass is 16.5. The standard InChI is InChI=1S/C20H26N4O2/c1-5-15-13(8-9-17(22-15)26-7-3)18-16(6-2)23-19-14(12(4)11-25)10-21-20(19)24-18/h8-10,12,25H,5-7,11H2,1-4H3,(H,21,24)/t12-/m0/s1. The number of aliphatic hydroxyl groups excluding tert-OH is 1. The number of aromatic amines is 1. The molecule has 0 saturated heterocycles. The Morgan fingerprint density at radius 2 is 1.85 bits per heavy atom. The summed E-state index contributed by atoms with van der Waals surface area (Å²) in [6.07, 6.45) is 3.45. The van der Waals surface area contributed by atoms with Crippen LogP contribution in [-0.4, -0.2) is 38.3 Å². The second-order valence-corrected chi connectivity index (χ2v) is 6.33. The van der Waals surface area contributed by atoms with Crippen molar-refractivity contribution < 1.29 is 9.84 Å². The quantitative estimate of drug-likeness (QED) is 0.677. The van der Waals surface area contributed by atoms with Crippen molar-refractivity contribution in [3.8, 4) is 17.1 Å². The molecule has 6 nitrogen and oxygen atoms in total. The number of ether oxygens (including phenoxy) is 1. The van der Waals surface area contributed by atoms with E-state index in [1.165, 1.54) is 0 Å². The van der Waals surface area contributed by atoms with E-state index in [0.717, 1.165) is 52.2 Å². The summed E-state index contributed by atoms with van der Waals surface area (Å²) in [4.78, 5) is 17.6. The smallest absolute Gasteiger partial charge is 0.213 e. The van der Waals surface area contributed by atoms with Crippen molar-refractivity contribution in [1.82, 2.24) is 19.9 Å². The zero-order valence-corrected chi connectivity index (χ0v) is 15.8. The summed E-state index contributed by atoms with van der Waals surface area (Å²) in [6, 6.07) is 3.91. The van der Waals surface area contributed by atoms with Gasteiger partial charge in [0, 0.05) is 35.9 Å². The minimum Gasteiger partial charge on any atom is -0.478 e. The fourth-order valence-electron chi connectivity index (χ4n) is 3.12.